The summed E-state index contributed by atoms with van der Waals surface area (Å²) in [4.78, 5) is 19.6. The number of halogens is 2. The van der Waals surface area contributed by atoms with Crippen molar-refractivity contribution < 1.29 is 4.79 Å². The second kappa shape index (κ2) is 4.76. The molecule has 1 aromatic rings. The second-order valence-electron chi connectivity index (χ2n) is 4.16. The van der Waals surface area contributed by atoms with Crippen LogP contribution in [0.15, 0.2) is 6.07 Å². The van der Waals surface area contributed by atoms with E-state index in [0.717, 1.165) is 19.4 Å². The Kier molecular flexibility index (Phi) is 3.51. The topological polar surface area (TPSA) is 66.9 Å². The Hall–Kier alpha value is -0.910. The molecule has 1 atom stereocenters. The van der Waals surface area contributed by atoms with Gasteiger partial charge in [-0.1, -0.05) is 11.6 Å². The molecule has 2 N–H and O–H groups in total. The molecule has 1 fully saturated rings. The van der Waals surface area contributed by atoms with Crippen molar-refractivity contribution in [2.24, 2.45) is 0 Å². The minimum atomic E-state index is -0.552. The van der Waals surface area contributed by atoms with Crippen LogP contribution in [0.2, 0.25) is 10.4 Å². The van der Waals surface area contributed by atoms with Gasteiger partial charge >= 0.3 is 0 Å². The number of hydrogen-bond donors (Lipinski definition) is 2. The summed E-state index contributed by atoms with van der Waals surface area (Å²) < 4.78 is 0. The Morgan fingerprint density at radius 3 is 2.88 bits per heavy atom. The summed E-state index contributed by atoms with van der Waals surface area (Å²) >= 11 is 11.4. The Labute approximate surface area is 109 Å². The summed E-state index contributed by atoms with van der Waals surface area (Å²) in [5, 5.41) is 6.06. The smallest absolute Gasteiger partial charge is 0.245 e. The molecular formula is C10H12Cl2N4O. The number of nitrogens with zero attached hydrogens (tertiary/aromatic N) is 2. The van der Waals surface area contributed by atoms with Gasteiger partial charge in [0.1, 0.15) is 11.0 Å². The Morgan fingerprint density at radius 1 is 1.53 bits per heavy atom. The zero-order valence-corrected chi connectivity index (χ0v) is 10.8. The monoisotopic (exact) mass is 274 g/mol. The maximum absolute atomic E-state index is 12.0. The number of aromatic nitrogens is 2. The second-order valence-corrected chi connectivity index (χ2v) is 4.89. The third kappa shape index (κ3) is 2.86. The van der Waals surface area contributed by atoms with Crippen molar-refractivity contribution in [3.63, 3.8) is 0 Å². The van der Waals surface area contributed by atoms with Gasteiger partial charge in [0.2, 0.25) is 11.2 Å². The quantitative estimate of drug-likeness (QED) is 0.638. The van der Waals surface area contributed by atoms with Gasteiger partial charge in [0, 0.05) is 6.07 Å². The van der Waals surface area contributed by atoms with Crippen LogP contribution < -0.4 is 10.6 Å². The number of carbonyl (C=O) groups excluding carboxylic acids is 1. The van der Waals surface area contributed by atoms with Crippen LogP contribution in [-0.4, -0.2) is 28.0 Å². The van der Waals surface area contributed by atoms with E-state index in [4.69, 9.17) is 23.2 Å². The Morgan fingerprint density at radius 2 is 2.29 bits per heavy atom. The van der Waals surface area contributed by atoms with Gasteiger partial charge < -0.3 is 10.6 Å². The first-order valence-corrected chi connectivity index (χ1v) is 6.02. The van der Waals surface area contributed by atoms with E-state index in [0.29, 0.717) is 5.82 Å². The molecule has 1 aliphatic rings. The van der Waals surface area contributed by atoms with Gasteiger partial charge in [-0.05, 0) is 37.9 Å². The molecule has 1 unspecified atom stereocenters. The fourth-order valence-corrected chi connectivity index (χ4v) is 2.21. The van der Waals surface area contributed by atoms with E-state index in [9.17, 15) is 4.79 Å². The summed E-state index contributed by atoms with van der Waals surface area (Å²) in [5.74, 6) is 0.177. The van der Waals surface area contributed by atoms with Crippen molar-refractivity contribution in [1.82, 2.24) is 15.3 Å². The van der Waals surface area contributed by atoms with E-state index in [2.05, 4.69) is 20.6 Å². The van der Waals surface area contributed by atoms with Gasteiger partial charge in [-0.25, -0.2) is 9.97 Å². The average Bonchev–Trinajstić information content (AvgIpc) is 2.64. The number of nitrogens with one attached hydrogen (secondary N) is 2. The fraction of sp³-hybridized carbons (Fsp3) is 0.500. The zero-order valence-electron chi connectivity index (χ0n) is 9.26. The van der Waals surface area contributed by atoms with E-state index in [1.807, 2.05) is 6.92 Å². The van der Waals surface area contributed by atoms with E-state index in [-0.39, 0.29) is 16.3 Å². The molecule has 0 aliphatic carbocycles. The third-order valence-electron chi connectivity index (χ3n) is 2.78. The SMILES string of the molecule is CC1(C(=O)Nc2cc(Cl)nc(Cl)n2)CCCN1. The normalized spacial score (nSPS) is 23.7. The molecule has 1 amide bonds. The molecule has 5 nitrogen and oxygen atoms in total. The van der Waals surface area contributed by atoms with Crippen molar-refractivity contribution in [3.8, 4) is 0 Å². The standard InChI is InChI=1S/C10H12Cl2N4O/c1-10(3-2-4-13-10)8(17)15-7-5-6(11)14-9(12)16-7/h5,13H,2-4H2,1H3,(H,14,15,16,17). The number of amides is 1. The third-order valence-corrected chi connectivity index (χ3v) is 3.14. The van der Waals surface area contributed by atoms with E-state index >= 15 is 0 Å². The first-order chi connectivity index (χ1) is 7.99. The molecule has 92 valence electrons. The zero-order chi connectivity index (χ0) is 12.5. The highest BCUT2D eigenvalue weighted by Gasteiger charge is 2.36. The molecule has 1 aliphatic heterocycles. The van der Waals surface area contributed by atoms with Crippen LogP contribution in [0.1, 0.15) is 19.8 Å². The maximum atomic E-state index is 12.0. The molecule has 0 spiro atoms. The molecule has 7 heteroatoms. The Balaban J connectivity index is 2.12. The average molecular weight is 275 g/mol. The number of hydrogen-bond acceptors (Lipinski definition) is 4. The molecule has 1 saturated heterocycles. The van der Waals surface area contributed by atoms with Crippen LogP contribution in [0, 0.1) is 0 Å². The van der Waals surface area contributed by atoms with Crippen molar-refractivity contribution in [2.75, 3.05) is 11.9 Å². The maximum Gasteiger partial charge on any atom is 0.245 e. The lowest BCUT2D eigenvalue weighted by Crippen LogP contribution is -2.48. The Bertz CT molecular complexity index is 426. The highest BCUT2D eigenvalue weighted by Crippen LogP contribution is 2.21. The molecule has 0 radical (unpaired) electrons. The molecule has 0 aromatic carbocycles. The van der Waals surface area contributed by atoms with Crippen LogP contribution in [0.4, 0.5) is 5.82 Å². The van der Waals surface area contributed by atoms with Crippen LogP contribution in [-0.2, 0) is 4.79 Å². The van der Waals surface area contributed by atoms with Crippen LogP contribution in [0.25, 0.3) is 0 Å². The first kappa shape index (κ1) is 12.5. The summed E-state index contributed by atoms with van der Waals surface area (Å²) in [7, 11) is 0. The molecule has 0 saturated carbocycles. The predicted molar refractivity (Wildman–Crippen MR) is 66.3 cm³/mol. The van der Waals surface area contributed by atoms with Crippen molar-refractivity contribution in [3.05, 3.63) is 16.5 Å². The highest BCUT2D eigenvalue weighted by molar-refractivity contribution is 6.32. The van der Waals surface area contributed by atoms with Gasteiger partial charge in [0.25, 0.3) is 0 Å². The van der Waals surface area contributed by atoms with Gasteiger partial charge in [0.05, 0.1) is 5.54 Å². The fourth-order valence-electron chi connectivity index (χ4n) is 1.80. The predicted octanol–water partition coefficient (Wildman–Crippen LogP) is 1.86. The highest BCUT2D eigenvalue weighted by atomic mass is 35.5. The van der Waals surface area contributed by atoms with Gasteiger partial charge in [0.15, 0.2) is 0 Å². The van der Waals surface area contributed by atoms with Gasteiger partial charge in [-0.2, -0.15) is 0 Å². The molecule has 2 rings (SSSR count). The lowest BCUT2D eigenvalue weighted by Gasteiger charge is -2.22. The largest absolute Gasteiger partial charge is 0.309 e. The van der Waals surface area contributed by atoms with Crippen LogP contribution in [0.5, 0.6) is 0 Å². The minimum absolute atomic E-state index is 0.0114. The van der Waals surface area contributed by atoms with Crippen molar-refractivity contribution in [2.45, 2.75) is 25.3 Å². The van der Waals surface area contributed by atoms with Gasteiger partial charge in [-0.3, -0.25) is 4.79 Å². The first-order valence-electron chi connectivity index (χ1n) is 5.26. The number of rotatable bonds is 2. The van der Waals surface area contributed by atoms with E-state index in [1.54, 1.807) is 0 Å². The number of anilines is 1. The molecule has 2 heterocycles. The molecule has 1 aromatic heterocycles. The van der Waals surface area contributed by atoms with Crippen LogP contribution in [0.3, 0.4) is 0 Å². The summed E-state index contributed by atoms with van der Waals surface area (Å²) in [6, 6.07) is 1.46. The van der Waals surface area contributed by atoms with Crippen LogP contribution >= 0.6 is 23.2 Å². The molecule has 17 heavy (non-hydrogen) atoms. The van der Waals surface area contributed by atoms with Crippen molar-refractivity contribution in [1.29, 1.82) is 0 Å². The lowest BCUT2D eigenvalue weighted by atomic mass is 9.99. The summed E-state index contributed by atoms with van der Waals surface area (Å²) in [6.07, 6.45) is 1.78. The van der Waals surface area contributed by atoms with Crippen molar-refractivity contribution >= 4 is 34.9 Å². The van der Waals surface area contributed by atoms with Gasteiger partial charge in [-0.15, -0.1) is 0 Å². The summed E-state index contributed by atoms with van der Waals surface area (Å²) in [6.45, 7) is 2.70. The summed E-state index contributed by atoms with van der Waals surface area (Å²) in [5.41, 5.74) is -0.552. The van der Waals surface area contributed by atoms with E-state index < -0.39 is 5.54 Å². The lowest BCUT2D eigenvalue weighted by molar-refractivity contribution is -0.121. The molecular weight excluding hydrogens is 263 g/mol. The molecule has 0 bridgehead atoms. The number of carbonyl (C=O) groups is 1. The minimum Gasteiger partial charge on any atom is -0.309 e. The van der Waals surface area contributed by atoms with E-state index in [1.165, 1.54) is 6.07 Å².